The van der Waals surface area contributed by atoms with Crippen molar-refractivity contribution in [1.82, 2.24) is 4.90 Å². The van der Waals surface area contributed by atoms with Gasteiger partial charge in [-0.2, -0.15) is 5.26 Å². The van der Waals surface area contributed by atoms with E-state index in [2.05, 4.69) is 6.07 Å². The van der Waals surface area contributed by atoms with Gasteiger partial charge in [-0.05, 0) is 26.1 Å². The topological polar surface area (TPSA) is 27.0 Å². The predicted octanol–water partition coefficient (Wildman–Crippen LogP) is 3.07. The van der Waals surface area contributed by atoms with Crippen LogP contribution in [0.15, 0.2) is 18.2 Å². The smallest absolute Gasteiger partial charge is 0.129 e. The number of hydrogen-bond acceptors (Lipinski definition) is 2. The summed E-state index contributed by atoms with van der Waals surface area (Å²) in [4.78, 5) is 1.89. The highest BCUT2D eigenvalue weighted by Crippen LogP contribution is 2.20. The highest BCUT2D eigenvalue weighted by atomic mass is 35.5. The van der Waals surface area contributed by atoms with Crippen LogP contribution in [0.3, 0.4) is 0 Å². The maximum atomic E-state index is 13.5. The number of nitrogens with zero attached hydrogens (tertiary/aromatic N) is 2. The molecule has 0 fully saturated rings. The van der Waals surface area contributed by atoms with Gasteiger partial charge in [0, 0.05) is 23.7 Å². The first-order valence-electron chi connectivity index (χ1n) is 5.05. The summed E-state index contributed by atoms with van der Waals surface area (Å²) in [6.45, 7) is 2.85. The van der Waals surface area contributed by atoms with Crippen molar-refractivity contribution in [2.75, 3.05) is 13.6 Å². The molecule has 1 rings (SSSR count). The third-order valence-corrected chi connectivity index (χ3v) is 2.65. The van der Waals surface area contributed by atoms with Gasteiger partial charge in [0.15, 0.2) is 0 Å². The van der Waals surface area contributed by atoms with Crippen LogP contribution in [0.25, 0.3) is 0 Å². The van der Waals surface area contributed by atoms with Crippen LogP contribution in [-0.2, 0) is 6.54 Å². The summed E-state index contributed by atoms with van der Waals surface area (Å²) in [5, 5.41) is 9.11. The lowest BCUT2D eigenvalue weighted by Crippen LogP contribution is -2.24. The van der Waals surface area contributed by atoms with Gasteiger partial charge in [0.1, 0.15) is 5.82 Å². The molecule has 0 saturated heterocycles. The normalized spacial score (nSPS) is 12.5. The first-order valence-corrected chi connectivity index (χ1v) is 5.43. The van der Waals surface area contributed by atoms with E-state index in [4.69, 9.17) is 16.9 Å². The molecule has 0 saturated carbocycles. The number of nitriles is 1. The third kappa shape index (κ3) is 3.48. The highest BCUT2D eigenvalue weighted by molar-refractivity contribution is 6.31. The average molecular weight is 241 g/mol. The molecular weight excluding hydrogens is 227 g/mol. The molecular formula is C12H14ClFN2. The number of halogens is 2. The summed E-state index contributed by atoms with van der Waals surface area (Å²) >= 11 is 5.91. The van der Waals surface area contributed by atoms with Gasteiger partial charge in [-0.25, -0.2) is 4.39 Å². The molecule has 0 spiro atoms. The molecule has 1 aromatic rings. The molecule has 0 aromatic heterocycles. The van der Waals surface area contributed by atoms with Crippen LogP contribution in [0, 0.1) is 23.1 Å². The molecule has 2 nitrogen and oxygen atoms in total. The Kier molecular flexibility index (Phi) is 4.72. The molecule has 0 N–H and O–H groups in total. The fraction of sp³-hybridized carbons (Fsp3) is 0.417. The monoisotopic (exact) mass is 240 g/mol. The Morgan fingerprint density at radius 3 is 2.81 bits per heavy atom. The summed E-state index contributed by atoms with van der Waals surface area (Å²) in [5.74, 6) is -0.375. The second kappa shape index (κ2) is 5.83. The van der Waals surface area contributed by atoms with Crippen molar-refractivity contribution < 1.29 is 4.39 Å². The molecule has 1 aromatic carbocycles. The lowest BCUT2D eigenvalue weighted by atomic mass is 10.1. The minimum Gasteiger partial charge on any atom is -0.301 e. The summed E-state index contributed by atoms with van der Waals surface area (Å²) in [5.41, 5.74) is 0.483. The quantitative estimate of drug-likeness (QED) is 0.809. The molecule has 1 unspecified atom stereocenters. The van der Waals surface area contributed by atoms with E-state index < -0.39 is 0 Å². The van der Waals surface area contributed by atoms with E-state index in [1.54, 1.807) is 12.1 Å². The first-order chi connectivity index (χ1) is 7.54. The Morgan fingerprint density at radius 2 is 2.25 bits per heavy atom. The van der Waals surface area contributed by atoms with Gasteiger partial charge in [-0.15, -0.1) is 0 Å². The molecule has 0 aliphatic heterocycles. The van der Waals surface area contributed by atoms with Crippen LogP contribution in [0.1, 0.15) is 12.5 Å². The molecule has 86 valence electrons. The zero-order chi connectivity index (χ0) is 12.1. The van der Waals surface area contributed by atoms with Gasteiger partial charge in [-0.1, -0.05) is 17.7 Å². The Bertz CT molecular complexity index is 380. The third-order valence-electron chi connectivity index (χ3n) is 2.30. The van der Waals surface area contributed by atoms with Crippen LogP contribution in [0.2, 0.25) is 5.02 Å². The fourth-order valence-electron chi connectivity index (χ4n) is 1.53. The molecule has 0 aliphatic rings. The Hall–Kier alpha value is -1.11. The van der Waals surface area contributed by atoms with Crippen molar-refractivity contribution in [2.24, 2.45) is 5.92 Å². The van der Waals surface area contributed by atoms with Crippen molar-refractivity contribution >= 4 is 11.6 Å². The molecule has 0 radical (unpaired) electrons. The van der Waals surface area contributed by atoms with Crippen molar-refractivity contribution in [3.63, 3.8) is 0 Å². The number of rotatable bonds is 4. The number of hydrogen-bond donors (Lipinski definition) is 0. The Balaban J connectivity index is 2.70. The molecule has 1 atom stereocenters. The molecule has 16 heavy (non-hydrogen) atoms. The predicted molar refractivity (Wildman–Crippen MR) is 62.5 cm³/mol. The minimum absolute atomic E-state index is 0.0736. The second-order valence-electron chi connectivity index (χ2n) is 3.93. The van der Waals surface area contributed by atoms with Crippen LogP contribution in [0.4, 0.5) is 4.39 Å². The number of benzene rings is 1. The zero-order valence-electron chi connectivity index (χ0n) is 9.37. The van der Waals surface area contributed by atoms with E-state index in [-0.39, 0.29) is 11.7 Å². The zero-order valence-corrected chi connectivity index (χ0v) is 10.1. The second-order valence-corrected chi connectivity index (χ2v) is 4.33. The van der Waals surface area contributed by atoms with Crippen LogP contribution >= 0.6 is 11.6 Å². The van der Waals surface area contributed by atoms with Gasteiger partial charge in [0.2, 0.25) is 0 Å². The lowest BCUT2D eigenvalue weighted by Gasteiger charge is -2.18. The van der Waals surface area contributed by atoms with E-state index >= 15 is 0 Å². The highest BCUT2D eigenvalue weighted by Gasteiger charge is 2.11. The lowest BCUT2D eigenvalue weighted by molar-refractivity contribution is 0.298. The maximum Gasteiger partial charge on any atom is 0.129 e. The maximum absolute atomic E-state index is 13.5. The van der Waals surface area contributed by atoms with Crippen LogP contribution in [-0.4, -0.2) is 18.5 Å². The molecule has 0 aliphatic carbocycles. The van der Waals surface area contributed by atoms with Gasteiger partial charge < -0.3 is 4.90 Å². The summed E-state index contributed by atoms with van der Waals surface area (Å²) in [7, 11) is 1.84. The Labute approximate surface area is 100 Å². The standard InChI is InChI=1S/C12H14ClFN2/c1-9(6-15)7-16(2)8-10-11(13)4-3-5-12(10)14/h3-5,9H,7-8H2,1-2H3. The fourth-order valence-corrected chi connectivity index (χ4v) is 1.75. The van der Waals surface area contributed by atoms with E-state index in [1.165, 1.54) is 6.07 Å². The summed E-state index contributed by atoms with van der Waals surface area (Å²) < 4.78 is 13.5. The Morgan fingerprint density at radius 1 is 1.56 bits per heavy atom. The van der Waals surface area contributed by atoms with Crippen LogP contribution < -0.4 is 0 Å². The van der Waals surface area contributed by atoms with E-state index in [1.807, 2.05) is 18.9 Å². The molecule has 0 heterocycles. The van der Waals surface area contributed by atoms with Crippen molar-refractivity contribution in [3.05, 3.63) is 34.6 Å². The minimum atomic E-state index is -0.302. The van der Waals surface area contributed by atoms with Gasteiger partial charge in [-0.3, -0.25) is 0 Å². The molecule has 4 heteroatoms. The van der Waals surface area contributed by atoms with Crippen molar-refractivity contribution in [1.29, 1.82) is 5.26 Å². The van der Waals surface area contributed by atoms with E-state index in [9.17, 15) is 4.39 Å². The van der Waals surface area contributed by atoms with E-state index in [0.717, 1.165) is 0 Å². The van der Waals surface area contributed by atoms with E-state index in [0.29, 0.717) is 23.7 Å². The summed E-state index contributed by atoms with van der Waals surface area (Å²) in [6.07, 6.45) is 0. The SMILES string of the molecule is CC(C#N)CN(C)Cc1c(F)cccc1Cl. The molecule has 0 bridgehead atoms. The van der Waals surface area contributed by atoms with Crippen molar-refractivity contribution in [3.8, 4) is 6.07 Å². The largest absolute Gasteiger partial charge is 0.301 e. The molecule has 0 amide bonds. The van der Waals surface area contributed by atoms with Crippen LogP contribution in [0.5, 0.6) is 0 Å². The van der Waals surface area contributed by atoms with Crippen molar-refractivity contribution in [2.45, 2.75) is 13.5 Å². The first kappa shape index (κ1) is 13.0. The summed E-state index contributed by atoms with van der Waals surface area (Å²) in [6, 6.07) is 6.78. The van der Waals surface area contributed by atoms with Gasteiger partial charge in [0.05, 0.1) is 12.0 Å². The van der Waals surface area contributed by atoms with Gasteiger partial charge >= 0.3 is 0 Å². The van der Waals surface area contributed by atoms with Gasteiger partial charge in [0.25, 0.3) is 0 Å². The average Bonchev–Trinajstić information content (AvgIpc) is 2.23.